The summed E-state index contributed by atoms with van der Waals surface area (Å²) in [7, 11) is 1.35. The number of rotatable bonds is 9. The summed E-state index contributed by atoms with van der Waals surface area (Å²) in [4.78, 5) is 13.7. The molecular formula is C25H29N2O4+. The third-order valence-corrected chi connectivity index (χ3v) is 5.46. The van der Waals surface area contributed by atoms with Gasteiger partial charge in [-0.05, 0) is 47.5 Å². The average molecular weight is 422 g/mol. The van der Waals surface area contributed by atoms with Crippen molar-refractivity contribution in [2.24, 2.45) is 0 Å². The number of hydrogen-bond acceptors (Lipinski definition) is 5. The monoisotopic (exact) mass is 421 g/mol. The summed E-state index contributed by atoms with van der Waals surface area (Å²) >= 11 is 0. The van der Waals surface area contributed by atoms with Gasteiger partial charge in [-0.1, -0.05) is 42.5 Å². The van der Waals surface area contributed by atoms with E-state index in [2.05, 4.69) is 68.2 Å². The molecule has 0 fully saturated rings. The highest BCUT2D eigenvalue weighted by molar-refractivity contribution is 5.83. The molecule has 0 bridgehead atoms. The van der Waals surface area contributed by atoms with Crippen LogP contribution in [0.1, 0.15) is 12.0 Å². The van der Waals surface area contributed by atoms with Crippen LogP contribution in [0.15, 0.2) is 60.7 Å². The van der Waals surface area contributed by atoms with Crippen molar-refractivity contribution in [1.82, 2.24) is 5.32 Å². The normalized spacial score (nSPS) is 12.9. The third kappa shape index (κ3) is 5.27. The quantitative estimate of drug-likeness (QED) is 0.325. The van der Waals surface area contributed by atoms with Crippen LogP contribution in [0, 0.1) is 0 Å². The maximum Gasteiger partial charge on any atom is 0.343 e. The Labute approximate surface area is 182 Å². The highest BCUT2D eigenvalue weighted by Crippen LogP contribution is 2.40. The van der Waals surface area contributed by atoms with E-state index in [4.69, 9.17) is 4.74 Å². The van der Waals surface area contributed by atoms with E-state index < -0.39 is 5.97 Å². The first-order valence-corrected chi connectivity index (χ1v) is 10.7. The summed E-state index contributed by atoms with van der Waals surface area (Å²) < 4.78 is 14.9. The molecule has 0 aliphatic carbocycles. The summed E-state index contributed by atoms with van der Waals surface area (Å²) in [6, 6.07) is 20.9. The lowest BCUT2D eigenvalue weighted by Crippen LogP contribution is -2.34. The number of ether oxygens (including phenoxy) is 3. The van der Waals surface area contributed by atoms with E-state index in [1.807, 2.05) is 12.1 Å². The van der Waals surface area contributed by atoms with Crippen LogP contribution in [0.5, 0.6) is 11.5 Å². The maximum atomic E-state index is 11.4. The van der Waals surface area contributed by atoms with Gasteiger partial charge in [-0.3, -0.25) is 0 Å². The molecule has 0 amide bonds. The molecule has 0 unspecified atom stereocenters. The van der Waals surface area contributed by atoms with Crippen molar-refractivity contribution in [2.45, 2.75) is 13.0 Å². The number of nitrogens with one attached hydrogen (secondary N) is 1. The Balaban J connectivity index is 1.28. The Hall–Kier alpha value is -3.25. The molecule has 0 atom stereocenters. The van der Waals surface area contributed by atoms with E-state index in [9.17, 15) is 4.79 Å². The van der Waals surface area contributed by atoms with Crippen molar-refractivity contribution in [2.75, 3.05) is 44.9 Å². The minimum Gasteiger partial charge on any atom is -0.577 e. The highest BCUT2D eigenvalue weighted by Gasteiger charge is 2.26. The summed E-state index contributed by atoms with van der Waals surface area (Å²) in [5.74, 6) is 1.05. The first-order chi connectivity index (χ1) is 15.2. The first kappa shape index (κ1) is 21.0. The molecule has 4 rings (SSSR count). The van der Waals surface area contributed by atoms with Crippen molar-refractivity contribution >= 4 is 22.4 Å². The molecule has 6 nitrogen and oxygen atoms in total. The van der Waals surface area contributed by atoms with Crippen LogP contribution in [0.4, 0.5) is 5.69 Å². The Morgan fingerprint density at radius 3 is 2.84 bits per heavy atom. The number of para-hydroxylation sites is 1. The zero-order valence-electron chi connectivity index (χ0n) is 17.8. The van der Waals surface area contributed by atoms with Crippen LogP contribution < -0.4 is 15.0 Å². The number of esters is 1. The van der Waals surface area contributed by atoms with Gasteiger partial charge in [0.2, 0.25) is 5.75 Å². The van der Waals surface area contributed by atoms with Crippen molar-refractivity contribution < 1.29 is 19.0 Å². The zero-order chi connectivity index (χ0) is 21.5. The fourth-order valence-electron chi connectivity index (χ4n) is 3.85. The predicted octanol–water partition coefficient (Wildman–Crippen LogP) is 3.63. The van der Waals surface area contributed by atoms with Gasteiger partial charge in [0.15, 0.2) is 13.2 Å². The average Bonchev–Trinajstić information content (AvgIpc) is 2.82. The van der Waals surface area contributed by atoms with Crippen molar-refractivity contribution in [3.05, 3.63) is 66.2 Å². The van der Waals surface area contributed by atoms with Gasteiger partial charge in [-0.15, -0.1) is 0 Å². The summed E-state index contributed by atoms with van der Waals surface area (Å²) in [6.07, 6.45) is 1.03. The van der Waals surface area contributed by atoms with E-state index in [-0.39, 0.29) is 6.61 Å². The SMILES string of the molecule is COC(=O)COc1cccc2c1[OH+]CCN2CCCNCc1ccc2ccccc2c1. The Bertz CT molecular complexity index is 1040. The second kappa shape index (κ2) is 10.2. The number of benzene rings is 3. The number of aliphatic hydroxyl groups is 1. The van der Waals surface area contributed by atoms with Crippen LogP contribution in [-0.4, -0.2) is 50.7 Å². The lowest BCUT2D eigenvalue weighted by atomic mass is 10.1. The van der Waals surface area contributed by atoms with Gasteiger partial charge in [0.1, 0.15) is 5.69 Å². The zero-order valence-corrected chi connectivity index (χ0v) is 17.8. The van der Waals surface area contributed by atoms with Gasteiger partial charge >= 0.3 is 11.7 Å². The van der Waals surface area contributed by atoms with E-state index in [1.165, 1.54) is 23.4 Å². The Kier molecular flexibility index (Phi) is 6.89. The summed E-state index contributed by atoms with van der Waals surface area (Å²) in [6.45, 7) is 4.24. The van der Waals surface area contributed by atoms with Gasteiger partial charge in [-0.25, -0.2) is 4.79 Å². The van der Waals surface area contributed by atoms with Crippen LogP contribution in [0.25, 0.3) is 10.8 Å². The van der Waals surface area contributed by atoms with Gasteiger partial charge in [0.25, 0.3) is 0 Å². The summed E-state index contributed by atoms with van der Waals surface area (Å²) in [5, 5.41) is 6.11. The molecule has 2 N–H and O–H groups in total. The standard InChI is InChI=1S/C25H28N2O4/c1-29-24(28)18-31-23-9-4-8-22-25(23)30-15-14-27(22)13-5-12-26-17-19-10-11-20-6-2-3-7-21(20)16-19/h2-4,6-11,16,26H,5,12-15,17-18H2,1H3/p+1. The van der Waals surface area contributed by atoms with Crippen molar-refractivity contribution in [3.63, 3.8) is 0 Å². The van der Waals surface area contributed by atoms with E-state index in [0.717, 1.165) is 50.6 Å². The van der Waals surface area contributed by atoms with Crippen molar-refractivity contribution in [1.29, 1.82) is 0 Å². The minimum atomic E-state index is -0.400. The van der Waals surface area contributed by atoms with Gasteiger partial charge in [0.05, 0.1) is 13.7 Å². The van der Waals surface area contributed by atoms with E-state index in [1.54, 1.807) is 0 Å². The van der Waals surface area contributed by atoms with Crippen LogP contribution in [0.3, 0.4) is 0 Å². The molecular weight excluding hydrogens is 392 g/mol. The lowest BCUT2D eigenvalue weighted by Gasteiger charge is -2.29. The number of carbonyl (C=O) groups excluding carboxylic acids is 1. The van der Waals surface area contributed by atoms with Crippen LogP contribution in [-0.2, 0) is 16.1 Å². The molecule has 0 spiro atoms. The topological polar surface area (TPSA) is 63.6 Å². The summed E-state index contributed by atoms with van der Waals surface area (Å²) in [5.41, 5.74) is 2.36. The van der Waals surface area contributed by atoms with Crippen LogP contribution in [0.2, 0.25) is 0 Å². The third-order valence-electron chi connectivity index (χ3n) is 5.46. The molecule has 162 valence electrons. The number of aromatic hydroxyl groups is 1. The molecule has 1 heterocycles. The Morgan fingerprint density at radius 2 is 1.97 bits per heavy atom. The van der Waals surface area contributed by atoms with Crippen LogP contribution >= 0.6 is 0 Å². The molecule has 3 aromatic carbocycles. The fourth-order valence-corrected chi connectivity index (χ4v) is 3.85. The molecule has 0 saturated heterocycles. The fraction of sp³-hybridized carbons (Fsp3) is 0.320. The number of fused-ring (bicyclic) bond motifs is 2. The molecule has 0 saturated carbocycles. The lowest BCUT2D eigenvalue weighted by molar-refractivity contribution is -0.143. The second-order valence-electron chi connectivity index (χ2n) is 7.57. The van der Waals surface area contributed by atoms with E-state index >= 15 is 0 Å². The molecule has 31 heavy (non-hydrogen) atoms. The smallest absolute Gasteiger partial charge is 0.343 e. The Morgan fingerprint density at radius 1 is 1.10 bits per heavy atom. The van der Waals surface area contributed by atoms with Gasteiger partial charge in [-0.2, -0.15) is 0 Å². The maximum absolute atomic E-state index is 11.4. The molecule has 1 aliphatic heterocycles. The minimum absolute atomic E-state index is 0.110. The largest absolute Gasteiger partial charge is 0.577 e. The second-order valence-corrected chi connectivity index (χ2v) is 7.57. The van der Waals surface area contributed by atoms with Crippen molar-refractivity contribution in [3.8, 4) is 11.5 Å². The molecule has 0 aromatic heterocycles. The highest BCUT2D eigenvalue weighted by atomic mass is 16.6. The molecule has 6 heteroatoms. The number of anilines is 1. The predicted molar refractivity (Wildman–Crippen MR) is 123 cm³/mol. The number of hydrogen-bond donors (Lipinski definition) is 1. The van der Waals surface area contributed by atoms with Gasteiger partial charge in [0, 0.05) is 13.1 Å². The molecule has 3 aromatic rings. The molecule has 1 aliphatic rings. The van der Waals surface area contributed by atoms with Gasteiger partial charge < -0.3 is 24.4 Å². The van der Waals surface area contributed by atoms with E-state index in [0.29, 0.717) is 5.75 Å². The number of nitrogens with zero attached hydrogens (tertiary/aromatic N) is 1. The first-order valence-electron chi connectivity index (χ1n) is 10.7. The number of carbonyl (C=O) groups is 1. The number of methoxy groups -OCH3 is 1. The molecule has 0 radical (unpaired) electrons.